The van der Waals surface area contributed by atoms with Crippen LogP contribution in [-0.4, -0.2) is 9.97 Å². The minimum absolute atomic E-state index is 0.253. The number of hydrogen-bond acceptors (Lipinski definition) is 2. The van der Waals surface area contributed by atoms with Crippen LogP contribution in [0.4, 0.5) is 4.39 Å². The molecule has 0 unspecified atom stereocenters. The molecule has 2 aromatic rings. The molecule has 0 atom stereocenters. The smallest absolute Gasteiger partial charge is 0.139 e. The Kier molecular flexibility index (Phi) is 3.11. The molecule has 0 aliphatic carbocycles. The lowest BCUT2D eigenvalue weighted by Crippen LogP contribution is -2.22. The summed E-state index contributed by atoms with van der Waals surface area (Å²) in [7, 11) is 0. The Morgan fingerprint density at radius 1 is 1.12 bits per heavy atom. The largest absolute Gasteiger partial charge is 0.240 e. The molecule has 0 bridgehead atoms. The van der Waals surface area contributed by atoms with Gasteiger partial charge in [0.05, 0.1) is 0 Å². The third-order valence-electron chi connectivity index (χ3n) is 2.75. The summed E-state index contributed by atoms with van der Waals surface area (Å²) in [6.45, 7) is 3.96. The molecule has 2 nitrogen and oxygen atoms in total. The van der Waals surface area contributed by atoms with E-state index in [-0.39, 0.29) is 5.82 Å². The number of nitrogens with zero attached hydrogens (tertiary/aromatic N) is 2. The van der Waals surface area contributed by atoms with E-state index < -0.39 is 5.41 Å². The predicted octanol–water partition coefficient (Wildman–Crippen LogP) is 3.60. The first kappa shape index (κ1) is 12.0. The van der Waals surface area contributed by atoms with Gasteiger partial charge in [0.25, 0.3) is 0 Å². The van der Waals surface area contributed by atoms with Gasteiger partial charge in [0.1, 0.15) is 16.8 Å². The number of hydrogen-bond donors (Lipinski definition) is 0. The molecule has 1 heterocycles. The highest BCUT2D eigenvalue weighted by Crippen LogP contribution is 2.29. The van der Waals surface area contributed by atoms with Gasteiger partial charge in [0.2, 0.25) is 0 Å². The standard InChI is InChI=1S/C13H12ClFN2/c1-13(2,9-3-5-10(15)6-4-9)12-16-8-7-11(14)17-12/h3-8H,1-2H3. The maximum Gasteiger partial charge on any atom is 0.139 e. The van der Waals surface area contributed by atoms with Crippen molar-refractivity contribution < 1.29 is 4.39 Å². The monoisotopic (exact) mass is 250 g/mol. The van der Waals surface area contributed by atoms with E-state index in [0.29, 0.717) is 11.0 Å². The lowest BCUT2D eigenvalue weighted by atomic mass is 9.84. The molecule has 1 aromatic heterocycles. The maximum absolute atomic E-state index is 12.9. The highest BCUT2D eigenvalue weighted by molar-refractivity contribution is 6.29. The van der Waals surface area contributed by atoms with Crippen LogP contribution in [0, 0.1) is 5.82 Å². The van der Waals surface area contributed by atoms with Crippen molar-refractivity contribution in [2.24, 2.45) is 0 Å². The molecule has 17 heavy (non-hydrogen) atoms. The Hall–Kier alpha value is -1.48. The molecule has 0 aliphatic rings. The molecule has 88 valence electrons. The Morgan fingerprint density at radius 2 is 1.76 bits per heavy atom. The highest BCUT2D eigenvalue weighted by atomic mass is 35.5. The molecule has 4 heteroatoms. The van der Waals surface area contributed by atoms with E-state index in [9.17, 15) is 4.39 Å². The van der Waals surface area contributed by atoms with Crippen molar-refractivity contribution in [1.29, 1.82) is 0 Å². The summed E-state index contributed by atoms with van der Waals surface area (Å²) < 4.78 is 12.9. The summed E-state index contributed by atoms with van der Waals surface area (Å²) >= 11 is 5.85. The van der Waals surface area contributed by atoms with E-state index in [0.717, 1.165) is 5.56 Å². The molecule has 0 saturated heterocycles. The molecule has 0 amide bonds. The molecular weight excluding hydrogens is 239 g/mol. The lowest BCUT2D eigenvalue weighted by molar-refractivity contribution is 0.583. The van der Waals surface area contributed by atoms with Crippen molar-refractivity contribution in [2.45, 2.75) is 19.3 Å². The number of benzene rings is 1. The van der Waals surface area contributed by atoms with E-state index in [1.807, 2.05) is 13.8 Å². The molecule has 1 aromatic carbocycles. The van der Waals surface area contributed by atoms with Crippen molar-refractivity contribution >= 4 is 11.6 Å². The third-order valence-corrected chi connectivity index (χ3v) is 2.96. The minimum Gasteiger partial charge on any atom is -0.240 e. The van der Waals surface area contributed by atoms with Crippen LogP contribution < -0.4 is 0 Å². The second-order valence-corrected chi connectivity index (χ2v) is 4.72. The normalized spacial score (nSPS) is 11.5. The summed E-state index contributed by atoms with van der Waals surface area (Å²) in [6.07, 6.45) is 1.62. The highest BCUT2D eigenvalue weighted by Gasteiger charge is 2.26. The molecule has 0 fully saturated rings. The zero-order valence-corrected chi connectivity index (χ0v) is 10.4. The topological polar surface area (TPSA) is 25.8 Å². The zero-order valence-electron chi connectivity index (χ0n) is 9.61. The van der Waals surface area contributed by atoms with Gasteiger partial charge in [0.15, 0.2) is 0 Å². The summed E-state index contributed by atoms with van der Waals surface area (Å²) in [6, 6.07) is 7.97. The van der Waals surface area contributed by atoms with Gasteiger partial charge in [-0.05, 0) is 37.6 Å². The number of rotatable bonds is 2. The first-order valence-electron chi connectivity index (χ1n) is 5.25. The van der Waals surface area contributed by atoms with E-state index >= 15 is 0 Å². The Balaban J connectivity index is 2.45. The average molecular weight is 251 g/mol. The van der Waals surface area contributed by atoms with Crippen molar-refractivity contribution in [3.8, 4) is 0 Å². The molecule has 0 saturated carbocycles. The van der Waals surface area contributed by atoms with Crippen LogP contribution in [0.3, 0.4) is 0 Å². The zero-order chi connectivity index (χ0) is 12.5. The van der Waals surface area contributed by atoms with Gasteiger partial charge in [0, 0.05) is 11.6 Å². The Morgan fingerprint density at radius 3 is 2.35 bits per heavy atom. The van der Waals surface area contributed by atoms with Crippen LogP contribution in [0.5, 0.6) is 0 Å². The van der Waals surface area contributed by atoms with Gasteiger partial charge >= 0.3 is 0 Å². The summed E-state index contributed by atoms with van der Waals surface area (Å²) in [5, 5.41) is 0.408. The summed E-state index contributed by atoms with van der Waals surface area (Å²) in [5.74, 6) is 0.369. The quantitative estimate of drug-likeness (QED) is 0.761. The predicted molar refractivity (Wildman–Crippen MR) is 65.6 cm³/mol. The molecule has 0 spiro atoms. The number of aromatic nitrogens is 2. The van der Waals surface area contributed by atoms with Crippen LogP contribution in [0.25, 0.3) is 0 Å². The van der Waals surface area contributed by atoms with Gasteiger partial charge in [-0.2, -0.15) is 0 Å². The first-order chi connectivity index (χ1) is 8.00. The molecule has 2 rings (SSSR count). The summed E-state index contributed by atoms with van der Waals surface area (Å²) in [4.78, 5) is 8.42. The van der Waals surface area contributed by atoms with E-state index in [1.165, 1.54) is 12.1 Å². The minimum atomic E-state index is -0.404. The average Bonchev–Trinajstić information content (AvgIpc) is 2.29. The van der Waals surface area contributed by atoms with Gasteiger partial charge in [-0.15, -0.1) is 0 Å². The summed E-state index contributed by atoms with van der Waals surface area (Å²) in [5.41, 5.74) is 0.541. The van der Waals surface area contributed by atoms with Crippen LogP contribution in [0.2, 0.25) is 5.15 Å². The molecule has 0 N–H and O–H groups in total. The van der Waals surface area contributed by atoms with Gasteiger partial charge in [-0.3, -0.25) is 0 Å². The Bertz CT molecular complexity index is 523. The van der Waals surface area contributed by atoms with E-state index in [4.69, 9.17) is 11.6 Å². The van der Waals surface area contributed by atoms with Gasteiger partial charge in [-0.25, -0.2) is 14.4 Å². The van der Waals surface area contributed by atoms with Crippen molar-refractivity contribution in [1.82, 2.24) is 9.97 Å². The van der Waals surface area contributed by atoms with Crippen LogP contribution in [0.1, 0.15) is 25.2 Å². The lowest BCUT2D eigenvalue weighted by Gasteiger charge is -2.23. The van der Waals surface area contributed by atoms with Gasteiger partial charge in [-0.1, -0.05) is 23.7 Å². The fourth-order valence-corrected chi connectivity index (χ4v) is 1.77. The number of halogens is 2. The third kappa shape index (κ3) is 2.44. The molecular formula is C13H12ClFN2. The van der Waals surface area contributed by atoms with Gasteiger partial charge < -0.3 is 0 Å². The SMILES string of the molecule is CC(C)(c1ccc(F)cc1)c1nccc(Cl)n1. The first-order valence-corrected chi connectivity index (χ1v) is 5.63. The van der Waals surface area contributed by atoms with Crippen molar-refractivity contribution in [3.05, 3.63) is 58.9 Å². The van der Waals surface area contributed by atoms with Crippen LogP contribution >= 0.6 is 11.6 Å². The van der Waals surface area contributed by atoms with Crippen molar-refractivity contribution in [3.63, 3.8) is 0 Å². The fraction of sp³-hybridized carbons (Fsp3) is 0.231. The van der Waals surface area contributed by atoms with Crippen LogP contribution in [0.15, 0.2) is 36.5 Å². The van der Waals surface area contributed by atoms with E-state index in [1.54, 1.807) is 24.4 Å². The van der Waals surface area contributed by atoms with Crippen LogP contribution in [-0.2, 0) is 5.41 Å². The fourth-order valence-electron chi connectivity index (χ4n) is 1.63. The Labute approximate surface area is 104 Å². The maximum atomic E-state index is 12.9. The molecule has 0 aliphatic heterocycles. The second kappa shape index (κ2) is 4.41. The second-order valence-electron chi connectivity index (χ2n) is 4.33. The molecule has 0 radical (unpaired) electrons. The van der Waals surface area contributed by atoms with Crippen molar-refractivity contribution in [2.75, 3.05) is 0 Å². The van der Waals surface area contributed by atoms with E-state index in [2.05, 4.69) is 9.97 Å².